The average molecular weight is 280 g/mol. The minimum Gasteiger partial charge on any atom is -0.360 e. The minimum absolute atomic E-state index is 0.107. The molecule has 0 unspecified atom stereocenters. The predicted octanol–water partition coefficient (Wildman–Crippen LogP) is 4.25. The standard InChI is InChI=1S/C13H7ClFNOS/c14-12-4-3-11(18-12)13(17)9-6-16-10-5-7(15)1-2-8(9)10/h1-6,16H. The van der Waals surface area contributed by atoms with Crippen LogP contribution in [0, 0.1) is 5.82 Å². The van der Waals surface area contributed by atoms with Crippen molar-refractivity contribution in [1.82, 2.24) is 4.98 Å². The second-order valence-corrected chi connectivity index (χ2v) is 5.54. The molecule has 0 radical (unpaired) electrons. The summed E-state index contributed by atoms with van der Waals surface area (Å²) in [4.78, 5) is 15.7. The molecule has 0 bridgehead atoms. The summed E-state index contributed by atoms with van der Waals surface area (Å²) >= 11 is 7.05. The van der Waals surface area contributed by atoms with Gasteiger partial charge in [0.15, 0.2) is 0 Å². The van der Waals surface area contributed by atoms with Gasteiger partial charge in [-0.2, -0.15) is 0 Å². The van der Waals surface area contributed by atoms with E-state index in [9.17, 15) is 9.18 Å². The zero-order chi connectivity index (χ0) is 12.7. The van der Waals surface area contributed by atoms with Crippen molar-refractivity contribution in [3.8, 4) is 0 Å². The van der Waals surface area contributed by atoms with E-state index >= 15 is 0 Å². The highest BCUT2D eigenvalue weighted by molar-refractivity contribution is 7.18. The van der Waals surface area contributed by atoms with E-state index in [1.165, 1.54) is 23.5 Å². The highest BCUT2D eigenvalue weighted by atomic mass is 35.5. The highest BCUT2D eigenvalue weighted by Crippen LogP contribution is 2.27. The van der Waals surface area contributed by atoms with Crippen LogP contribution in [0.3, 0.4) is 0 Å². The third-order valence-electron chi connectivity index (χ3n) is 2.69. The van der Waals surface area contributed by atoms with Gasteiger partial charge in [-0.15, -0.1) is 11.3 Å². The molecule has 5 heteroatoms. The van der Waals surface area contributed by atoms with Gasteiger partial charge in [0.1, 0.15) is 5.82 Å². The zero-order valence-electron chi connectivity index (χ0n) is 9.04. The van der Waals surface area contributed by atoms with Gasteiger partial charge in [0.05, 0.1) is 9.21 Å². The molecule has 0 atom stereocenters. The Bertz CT molecular complexity index is 746. The molecule has 0 spiro atoms. The molecular formula is C13H7ClFNOS. The van der Waals surface area contributed by atoms with E-state index in [0.717, 1.165) is 0 Å². The first-order valence-corrected chi connectivity index (χ1v) is 6.41. The second kappa shape index (κ2) is 4.23. The predicted molar refractivity (Wildman–Crippen MR) is 71.0 cm³/mol. The number of rotatable bonds is 2. The van der Waals surface area contributed by atoms with Crippen molar-refractivity contribution in [1.29, 1.82) is 0 Å². The Morgan fingerprint density at radius 3 is 2.83 bits per heavy atom. The number of nitrogens with one attached hydrogen (secondary N) is 1. The van der Waals surface area contributed by atoms with E-state index in [1.54, 1.807) is 24.4 Å². The lowest BCUT2D eigenvalue weighted by Crippen LogP contribution is -1.96. The van der Waals surface area contributed by atoms with Crippen molar-refractivity contribution in [2.75, 3.05) is 0 Å². The van der Waals surface area contributed by atoms with Crippen LogP contribution in [0.5, 0.6) is 0 Å². The Hall–Kier alpha value is -1.65. The molecule has 2 heterocycles. The monoisotopic (exact) mass is 279 g/mol. The van der Waals surface area contributed by atoms with Crippen LogP contribution in [0.15, 0.2) is 36.5 Å². The summed E-state index contributed by atoms with van der Waals surface area (Å²) in [7, 11) is 0. The summed E-state index contributed by atoms with van der Waals surface area (Å²) in [5.41, 5.74) is 1.14. The molecule has 0 fully saturated rings. The first-order chi connectivity index (χ1) is 8.65. The molecule has 1 N–H and O–H groups in total. The number of H-pyrrole nitrogens is 1. The van der Waals surface area contributed by atoms with E-state index in [4.69, 9.17) is 11.6 Å². The number of aromatic amines is 1. The van der Waals surface area contributed by atoms with E-state index in [2.05, 4.69) is 4.98 Å². The third-order valence-corrected chi connectivity index (χ3v) is 3.92. The van der Waals surface area contributed by atoms with Crippen LogP contribution in [0.4, 0.5) is 4.39 Å². The van der Waals surface area contributed by atoms with Crippen LogP contribution in [-0.2, 0) is 0 Å². The summed E-state index contributed by atoms with van der Waals surface area (Å²) in [6.07, 6.45) is 1.60. The van der Waals surface area contributed by atoms with Gasteiger partial charge in [-0.05, 0) is 30.3 Å². The number of thiophene rings is 1. The molecule has 0 amide bonds. The van der Waals surface area contributed by atoms with Crippen LogP contribution >= 0.6 is 22.9 Å². The summed E-state index contributed by atoms with van der Waals surface area (Å²) < 4.78 is 13.6. The summed E-state index contributed by atoms with van der Waals surface area (Å²) in [5, 5.41) is 0.714. The number of hydrogen-bond acceptors (Lipinski definition) is 2. The maximum Gasteiger partial charge on any atom is 0.205 e. The van der Waals surface area contributed by atoms with Gasteiger partial charge >= 0.3 is 0 Å². The van der Waals surface area contributed by atoms with Gasteiger partial charge in [0.25, 0.3) is 0 Å². The van der Waals surface area contributed by atoms with Crippen LogP contribution in [-0.4, -0.2) is 10.8 Å². The normalized spacial score (nSPS) is 11.0. The summed E-state index contributed by atoms with van der Waals surface area (Å²) in [6, 6.07) is 7.69. The average Bonchev–Trinajstić information content (AvgIpc) is 2.94. The van der Waals surface area contributed by atoms with Gasteiger partial charge in [0, 0.05) is 22.7 Å². The fraction of sp³-hybridized carbons (Fsp3) is 0. The molecule has 2 aromatic heterocycles. The lowest BCUT2D eigenvalue weighted by atomic mass is 10.1. The summed E-state index contributed by atoms with van der Waals surface area (Å²) in [6.45, 7) is 0. The molecule has 0 aliphatic rings. The lowest BCUT2D eigenvalue weighted by molar-refractivity contribution is 0.104. The molecule has 18 heavy (non-hydrogen) atoms. The van der Waals surface area contributed by atoms with Crippen LogP contribution < -0.4 is 0 Å². The Morgan fingerprint density at radius 1 is 1.28 bits per heavy atom. The number of aromatic nitrogens is 1. The van der Waals surface area contributed by atoms with E-state index < -0.39 is 0 Å². The Labute approximate surface area is 111 Å². The van der Waals surface area contributed by atoms with Crippen LogP contribution in [0.1, 0.15) is 15.2 Å². The van der Waals surface area contributed by atoms with Gasteiger partial charge in [0.2, 0.25) is 5.78 Å². The van der Waals surface area contributed by atoms with Gasteiger partial charge in [-0.3, -0.25) is 4.79 Å². The Kier molecular flexibility index (Phi) is 2.69. The number of carbonyl (C=O) groups is 1. The van der Waals surface area contributed by atoms with Gasteiger partial charge in [-0.1, -0.05) is 11.6 Å². The van der Waals surface area contributed by atoms with Crippen molar-refractivity contribution < 1.29 is 9.18 Å². The number of halogens is 2. The van der Waals surface area contributed by atoms with Crippen molar-refractivity contribution in [2.45, 2.75) is 0 Å². The molecule has 3 aromatic rings. The maximum absolute atomic E-state index is 13.1. The molecule has 0 aliphatic carbocycles. The number of ketones is 1. The largest absolute Gasteiger partial charge is 0.360 e. The second-order valence-electron chi connectivity index (χ2n) is 3.83. The molecule has 0 aliphatic heterocycles. The third kappa shape index (κ3) is 1.83. The number of fused-ring (bicyclic) bond motifs is 1. The first-order valence-electron chi connectivity index (χ1n) is 5.22. The smallest absolute Gasteiger partial charge is 0.205 e. The van der Waals surface area contributed by atoms with Crippen molar-refractivity contribution >= 4 is 39.6 Å². The Balaban J connectivity index is 2.12. The lowest BCUT2D eigenvalue weighted by Gasteiger charge is -1.96. The Morgan fingerprint density at radius 2 is 2.11 bits per heavy atom. The van der Waals surface area contributed by atoms with Gasteiger partial charge < -0.3 is 4.98 Å². The summed E-state index contributed by atoms with van der Waals surface area (Å²) in [5.74, 6) is -0.438. The molecular weight excluding hydrogens is 273 g/mol. The van der Waals surface area contributed by atoms with E-state index in [1.807, 2.05) is 0 Å². The fourth-order valence-corrected chi connectivity index (χ4v) is 2.85. The topological polar surface area (TPSA) is 32.9 Å². The van der Waals surface area contributed by atoms with Crippen molar-refractivity contribution in [2.24, 2.45) is 0 Å². The van der Waals surface area contributed by atoms with Crippen molar-refractivity contribution in [3.05, 3.63) is 57.1 Å². The quantitative estimate of drug-likeness (QED) is 0.699. The van der Waals surface area contributed by atoms with E-state index in [0.29, 0.717) is 25.7 Å². The number of carbonyl (C=O) groups excluding carboxylic acids is 1. The molecule has 0 saturated carbocycles. The zero-order valence-corrected chi connectivity index (χ0v) is 10.6. The number of hydrogen-bond donors (Lipinski definition) is 1. The molecule has 3 rings (SSSR count). The molecule has 90 valence electrons. The van der Waals surface area contributed by atoms with Crippen LogP contribution in [0.2, 0.25) is 4.34 Å². The van der Waals surface area contributed by atoms with Crippen LogP contribution in [0.25, 0.3) is 10.9 Å². The highest BCUT2D eigenvalue weighted by Gasteiger charge is 2.16. The first kappa shape index (κ1) is 11.4. The molecule has 0 saturated heterocycles. The van der Waals surface area contributed by atoms with Crippen molar-refractivity contribution in [3.63, 3.8) is 0 Å². The molecule has 1 aromatic carbocycles. The molecule has 2 nitrogen and oxygen atoms in total. The number of benzene rings is 1. The SMILES string of the molecule is O=C(c1ccc(Cl)s1)c1c[nH]c2cc(F)ccc12. The fourth-order valence-electron chi connectivity index (χ4n) is 1.86. The maximum atomic E-state index is 13.1. The van der Waals surface area contributed by atoms with Gasteiger partial charge in [-0.25, -0.2) is 4.39 Å². The van der Waals surface area contributed by atoms with E-state index in [-0.39, 0.29) is 11.6 Å². The minimum atomic E-state index is -0.331.